The Balaban J connectivity index is 2.73. The summed E-state index contributed by atoms with van der Waals surface area (Å²) in [5.74, 6) is -1.76. The molecule has 0 spiro atoms. The molecule has 0 saturated heterocycles. The lowest BCUT2D eigenvalue weighted by Crippen LogP contribution is -2.04. The summed E-state index contributed by atoms with van der Waals surface area (Å²) in [6, 6.07) is 1.15. The molecule has 74 valence electrons. The molecule has 0 bridgehead atoms. The topological polar surface area (TPSA) is 17.1 Å². The van der Waals surface area contributed by atoms with Gasteiger partial charge in [0.25, 0.3) is 0 Å². The lowest BCUT2D eigenvalue weighted by Gasteiger charge is -2.07. The van der Waals surface area contributed by atoms with Crippen LogP contribution in [0.4, 0.5) is 8.78 Å². The molecule has 0 aromatic heterocycles. The van der Waals surface area contributed by atoms with Crippen molar-refractivity contribution in [3.05, 3.63) is 34.4 Å². The molecule has 0 unspecified atom stereocenters. The molecule has 0 aliphatic heterocycles. The van der Waals surface area contributed by atoms with Crippen LogP contribution < -0.4 is 0 Å². The van der Waals surface area contributed by atoms with Crippen molar-refractivity contribution < 1.29 is 13.6 Å². The molecule has 0 amide bonds. The number of rotatable bonds is 1. The van der Waals surface area contributed by atoms with Crippen LogP contribution in [0.1, 0.15) is 34.8 Å². The largest absolute Gasteiger partial charge is 0.294 e. The molecule has 0 saturated carbocycles. The van der Waals surface area contributed by atoms with Gasteiger partial charge in [-0.05, 0) is 24.5 Å². The van der Waals surface area contributed by atoms with Crippen molar-refractivity contribution in [2.75, 3.05) is 0 Å². The molecule has 0 radical (unpaired) electrons. The fourth-order valence-electron chi connectivity index (χ4n) is 1.99. The van der Waals surface area contributed by atoms with Crippen molar-refractivity contribution in [3.8, 4) is 0 Å². The van der Waals surface area contributed by atoms with E-state index in [9.17, 15) is 13.6 Å². The molecule has 0 heterocycles. The molecule has 0 atom stereocenters. The van der Waals surface area contributed by atoms with E-state index in [1.165, 1.54) is 0 Å². The zero-order chi connectivity index (χ0) is 10.3. The zero-order valence-electron chi connectivity index (χ0n) is 7.86. The monoisotopic (exact) mass is 196 g/mol. The summed E-state index contributed by atoms with van der Waals surface area (Å²) in [5, 5.41) is 0. The number of Topliss-reactive ketones (excluding diaryl/α,β-unsaturated/α-hetero) is 1. The van der Waals surface area contributed by atoms with E-state index in [0.717, 1.165) is 6.07 Å². The molecule has 3 heteroatoms. The van der Waals surface area contributed by atoms with Gasteiger partial charge in [0, 0.05) is 17.5 Å². The van der Waals surface area contributed by atoms with E-state index in [4.69, 9.17) is 0 Å². The standard InChI is InChI=1S/C11H10F2O/c1-2-7-10-6(3-4-9(10)14)5-8(12)11(7)13/h5H,2-4H2,1H3. The normalized spacial score (nSPS) is 14.6. The van der Waals surface area contributed by atoms with Gasteiger partial charge < -0.3 is 0 Å². The summed E-state index contributed by atoms with van der Waals surface area (Å²) in [4.78, 5) is 11.4. The molecule has 1 aromatic carbocycles. The van der Waals surface area contributed by atoms with Gasteiger partial charge in [0.2, 0.25) is 0 Å². The SMILES string of the molecule is CCc1c(F)c(F)cc2c1C(=O)CC2. The summed E-state index contributed by atoms with van der Waals surface area (Å²) in [6.07, 6.45) is 1.28. The molecular formula is C11H10F2O. The number of hydrogen-bond donors (Lipinski definition) is 0. The number of halogens is 2. The summed E-state index contributed by atoms with van der Waals surface area (Å²) >= 11 is 0. The minimum Gasteiger partial charge on any atom is -0.294 e. The highest BCUT2D eigenvalue weighted by Gasteiger charge is 2.26. The van der Waals surface area contributed by atoms with Gasteiger partial charge >= 0.3 is 0 Å². The van der Waals surface area contributed by atoms with Gasteiger partial charge in [0.1, 0.15) is 0 Å². The van der Waals surface area contributed by atoms with E-state index in [2.05, 4.69) is 0 Å². The molecule has 0 N–H and O–H groups in total. The first-order valence-electron chi connectivity index (χ1n) is 4.68. The minimum atomic E-state index is -0.860. The number of fused-ring (bicyclic) bond motifs is 1. The number of carbonyl (C=O) groups excluding carboxylic acids is 1. The van der Waals surface area contributed by atoms with Crippen molar-refractivity contribution in [1.29, 1.82) is 0 Å². The second kappa shape index (κ2) is 3.15. The Kier molecular flexibility index (Phi) is 2.10. The van der Waals surface area contributed by atoms with E-state index in [1.54, 1.807) is 6.92 Å². The van der Waals surface area contributed by atoms with Crippen molar-refractivity contribution in [2.24, 2.45) is 0 Å². The maximum atomic E-state index is 13.3. The molecule has 0 fully saturated rings. The Hall–Kier alpha value is -1.25. The average Bonchev–Trinajstić information content (AvgIpc) is 2.50. The maximum Gasteiger partial charge on any atom is 0.163 e. The van der Waals surface area contributed by atoms with Gasteiger partial charge in [0.05, 0.1) is 0 Å². The van der Waals surface area contributed by atoms with Crippen LogP contribution in [-0.4, -0.2) is 5.78 Å². The zero-order valence-corrected chi connectivity index (χ0v) is 7.86. The predicted molar refractivity (Wildman–Crippen MR) is 48.4 cm³/mol. The van der Waals surface area contributed by atoms with Crippen molar-refractivity contribution >= 4 is 5.78 Å². The van der Waals surface area contributed by atoms with E-state index < -0.39 is 11.6 Å². The Morgan fingerprint density at radius 1 is 1.36 bits per heavy atom. The Labute approximate surface area is 80.7 Å². The Morgan fingerprint density at radius 2 is 2.07 bits per heavy atom. The van der Waals surface area contributed by atoms with Crippen molar-refractivity contribution in [1.82, 2.24) is 0 Å². The lowest BCUT2D eigenvalue weighted by molar-refractivity contribution is 0.0993. The summed E-state index contributed by atoms with van der Waals surface area (Å²) in [5.41, 5.74) is 1.32. The van der Waals surface area contributed by atoms with E-state index in [-0.39, 0.29) is 11.3 Å². The van der Waals surface area contributed by atoms with Gasteiger partial charge in [-0.2, -0.15) is 0 Å². The van der Waals surface area contributed by atoms with E-state index >= 15 is 0 Å². The van der Waals surface area contributed by atoms with Gasteiger partial charge in [0.15, 0.2) is 17.4 Å². The van der Waals surface area contributed by atoms with Gasteiger partial charge in [-0.25, -0.2) is 8.78 Å². The van der Waals surface area contributed by atoms with Crippen molar-refractivity contribution in [2.45, 2.75) is 26.2 Å². The van der Waals surface area contributed by atoms with Crippen LogP contribution in [0.2, 0.25) is 0 Å². The first kappa shape index (κ1) is 9.31. The lowest BCUT2D eigenvalue weighted by atomic mass is 10.00. The third kappa shape index (κ3) is 1.15. The number of hydrogen-bond acceptors (Lipinski definition) is 1. The summed E-state index contributed by atoms with van der Waals surface area (Å²) in [7, 11) is 0. The van der Waals surface area contributed by atoms with Gasteiger partial charge in [-0.3, -0.25) is 4.79 Å². The highest BCUT2D eigenvalue weighted by atomic mass is 19.2. The van der Waals surface area contributed by atoms with Crippen LogP contribution in [0.25, 0.3) is 0 Å². The second-order valence-corrected chi connectivity index (χ2v) is 3.46. The fraction of sp³-hybridized carbons (Fsp3) is 0.364. The predicted octanol–water partition coefficient (Wildman–Crippen LogP) is 2.66. The third-order valence-electron chi connectivity index (χ3n) is 2.65. The minimum absolute atomic E-state index is 0.0595. The fourth-order valence-corrected chi connectivity index (χ4v) is 1.99. The smallest absolute Gasteiger partial charge is 0.163 e. The average molecular weight is 196 g/mol. The molecule has 1 aliphatic rings. The first-order chi connectivity index (χ1) is 6.65. The van der Waals surface area contributed by atoms with Gasteiger partial charge in [-0.15, -0.1) is 0 Å². The third-order valence-corrected chi connectivity index (χ3v) is 2.65. The molecule has 1 nitrogen and oxygen atoms in total. The molecule has 2 rings (SSSR count). The molecule has 1 aromatic rings. The van der Waals surface area contributed by atoms with Crippen molar-refractivity contribution in [3.63, 3.8) is 0 Å². The number of carbonyl (C=O) groups is 1. The quantitative estimate of drug-likeness (QED) is 0.674. The first-order valence-corrected chi connectivity index (χ1v) is 4.68. The highest BCUT2D eigenvalue weighted by molar-refractivity contribution is 6.01. The number of ketones is 1. The Morgan fingerprint density at radius 3 is 2.71 bits per heavy atom. The van der Waals surface area contributed by atoms with Crippen LogP contribution in [0, 0.1) is 11.6 Å². The van der Waals surface area contributed by atoms with Gasteiger partial charge in [-0.1, -0.05) is 6.92 Å². The number of benzene rings is 1. The van der Waals surface area contributed by atoms with E-state index in [0.29, 0.717) is 30.4 Å². The highest BCUT2D eigenvalue weighted by Crippen LogP contribution is 2.29. The number of aryl methyl sites for hydroxylation is 1. The second-order valence-electron chi connectivity index (χ2n) is 3.46. The summed E-state index contributed by atoms with van der Waals surface area (Å²) < 4.78 is 26.4. The van der Waals surface area contributed by atoms with E-state index in [1.807, 2.05) is 0 Å². The van der Waals surface area contributed by atoms with Crippen LogP contribution in [-0.2, 0) is 12.8 Å². The maximum absolute atomic E-state index is 13.3. The molecular weight excluding hydrogens is 186 g/mol. The Bertz CT molecular complexity index is 410. The van der Waals surface area contributed by atoms with Crippen LogP contribution in [0.15, 0.2) is 6.07 Å². The van der Waals surface area contributed by atoms with Crippen LogP contribution >= 0.6 is 0 Å². The molecule has 1 aliphatic carbocycles. The van der Waals surface area contributed by atoms with Crippen LogP contribution in [0.5, 0.6) is 0 Å². The molecule has 14 heavy (non-hydrogen) atoms. The van der Waals surface area contributed by atoms with Crippen LogP contribution in [0.3, 0.4) is 0 Å². The summed E-state index contributed by atoms with van der Waals surface area (Å²) in [6.45, 7) is 1.73.